The molecule has 2 heterocycles. The Morgan fingerprint density at radius 3 is 2.38 bits per heavy atom. The molecule has 0 radical (unpaired) electrons. The number of aliphatic imine (C=N–C) groups is 1. The normalized spacial score (nSPS) is 18.8. The van der Waals surface area contributed by atoms with E-state index < -0.39 is 43.2 Å². The summed E-state index contributed by atoms with van der Waals surface area (Å²) >= 11 is 0. The van der Waals surface area contributed by atoms with Crippen LogP contribution in [0.5, 0.6) is 0 Å². The minimum Gasteiger partial charge on any atom is -0.414 e. The van der Waals surface area contributed by atoms with Crippen molar-refractivity contribution >= 4 is 69.6 Å². The molecule has 11 nitrogen and oxygen atoms in total. The van der Waals surface area contributed by atoms with Crippen molar-refractivity contribution in [3.05, 3.63) is 22.2 Å². The van der Waals surface area contributed by atoms with Crippen LogP contribution >= 0.6 is 43.2 Å². The molecule has 1 aliphatic heterocycles. The zero-order chi connectivity index (χ0) is 39.5. The summed E-state index contributed by atoms with van der Waals surface area (Å²) in [4.78, 5) is 34.8. The van der Waals surface area contributed by atoms with E-state index in [-0.39, 0.29) is 40.8 Å². The quantitative estimate of drug-likeness (QED) is 0.0320. The molecule has 1 aliphatic rings. The van der Waals surface area contributed by atoms with Crippen molar-refractivity contribution < 1.29 is 36.6 Å². The van der Waals surface area contributed by atoms with Crippen LogP contribution in [-0.2, 0) is 23.4 Å². The summed E-state index contributed by atoms with van der Waals surface area (Å²) in [5.74, 6) is 4.76. The molecule has 2 rings (SSSR count). The number of halogens is 3. The number of carbonyl (C=O) groups is 1. The first kappa shape index (κ1) is 46.8. The van der Waals surface area contributed by atoms with Crippen molar-refractivity contribution in [1.82, 2.24) is 19.8 Å². The van der Waals surface area contributed by atoms with Gasteiger partial charge in [0, 0.05) is 42.8 Å². The summed E-state index contributed by atoms with van der Waals surface area (Å²) in [6.45, 7) is 21.0. The fourth-order valence-electron chi connectivity index (χ4n) is 3.91. The molecule has 0 saturated carbocycles. The average Bonchev–Trinajstić information content (AvgIpc) is 3.41. The Balaban J connectivity index is 2.19. The van der Waals surface area contributed by atoms with Gasteiger partial charge in [-0.2, -0.15) is 18.2 Å². The van der Waals surface area contributed by atoms with Gasteiger partial charge in [0.05, 0.1) is 24.6 Å². The Morgan fingerprint density at radius 1 is 1.13 bits per heavy atom. The summed E-state index contributed by atoms with van der Waals surface area (Å²) in [5, 5.41) is 1.91. The topological polar surface area (TPSA) is 117 Å². The predicted octanol–water partition coefficient (Wildman–Crippen LogP) is 7.46. The van der Waals surface area contributed by atoms with E-state index in [1.807, 2.05) is 5.32 Å². The third-order valence-electron chi connectivity index (χ3n) is 7.63. The summed E-state index contributed by atoms with van der Waals surface area (Å²) in [7, 11) is 7.43. The van der Waals surface area contributed by atoms with Crippen LogP contribution in [0.4, 0.5) is 19.0 Å². The van der Waals surface area contributed by atoms with E-state index in [0.717, 1.165) is 0 Å². The van der Waals surface area contributed by atoms with Gasteiger partial charge >= 0.3 is 17.8 Å². The number of hydrogen-bond acceptors (Lipinski definition) is 12. The highest BCUT2D eigenvalue weighted by atomic mass is 33.1. The standard InChI is InChI=1S/C33H54F3N5O6S4Si/c1-30(2,3)50-49-22-45-24-16-26(47-25(24)18-46-52(11,12)31(4,5)6)41-17-23(27(39-29(41)43)38-20-40(9)10)14-13-15-44-21-48-51-32(7,8)19-37-28(42)33(34,35)36/h17,20,24-26H,15-16,18-19,21-22H2,1-12H3,(H,37,42)/b38-20+/t24?,25-,26-/m1/s1. The number of hydrogen-bond donors (Lipinski definition) is 1. The Bertz CT molecular complexity index is 1470. The molecule has 0 spiro atoms. The Morgan fingerprint density at radius 2 is 1.79 bits per heavy atom. The van der Waals surface area contributed by atoms with E-state index >= 15 is 0 Å². The number of rotatable bonds is 17. The van der Waals surface area contributed by atoms with Crippen LogP contribution in [0.3, 0.4) is 0 Å². The molecule has 0 bridgehead atoms. The second kappa shape index (κ2) is 20.0. The highest BCUT2D eigenvalue weighted by Crippen LogP contribution is 2.40. The van der Waals surface area contributed by atoms with Crippen molar-refractivity contribution in [3.8, 4) is 11.8 Å². The van der Waals surface area contributed by atoms with Crippen LogP contribution in [0.15, 0.2) is 16.0 Å². The smallest absolute Gasteiger partial charge is 0.414 e. The first-order valence-corrected chi connectivity index (χ1v) is 24.1. The zero-order valence-electron chi connectivity index (χ0n) is 32.1. The van der Waals surface area contributed by atoms with Crippen LogP contribution < -0.4 is 11.0 Å². The van der Waals surface area contributed by atoms with Crippen LogP contribution in [0.1, 0.15) is 73.6 Å². The van der Waals surface area contributed by atoms with Crippen molar-refractivity contribution in [2.24, 2.45) is 4.99 Å². The predicted molar refractivity (Wildman–Crippen MR) is 213 cm³/mol. The number of amides is 1. The molecule has 1 unspecified atom stereocenters. The zero-order valence-corrected chi connectivity index (χ0v) is 36.4. The minimum absolute atomic E-state index is 0.00839. The average molecular weight is 830 g/mol. The number of nitrogens with zero attached hydrogens (tertiary/aromatic N) is 4. The van der Waals surface area contributed by atoms with E-state index in [0.29, 0.717) is 24.5 Å². The monoisotopic (exact) mass is 829 g/mol. The highest BCUT2D eigenvalue weighted by Gasteiger charge is 2.43. The van der Waals surface area contributed by atoms with Crippen LogP contribution in [0, 0.1) is 11.8 Å². The molecular formula is C33H54F3N5O6S4Si. The van der Waals surface area contributed by atoms with Gasteiger partial charge in [-0.3, -0.25) is 9.36 Å². The maximum absolute atomic E-state index is 13.4. The lowest BCUT2D eigenvalue weighted by Gasteiger charge is -2.37. The highest BCUT2D eigenvalue weighted by molar-refractivity contribution is 8.77. The molecule has 1 saturated heterocycles. The van der Waals surface area contributed by atoms with Crippen LogP contribution in [0.2, 0.25) is 18.1 Å². The molecule has 0 aliphatic carbocycles. The molecule has 1 aromatic rings. The molecule has 19 heteroatoms. The maximum atomic E-state index is 13.4. The third-order valence-corrected chi connectivity index (χ3v) is 18.1. The number of nitrogens with one attached hydrogen (secondary N) is 1. The second-order valence-electron chi connectivity index (χ2n) is 15.4. The van der Waals surface area contributed by atoms with E-state index in [2.05, 4.69) is 76.5 Å². The minimum atomic E-state index is -4.93. The first-order valence-electron chi connectivity index (χ1n) is 16.6. The van der Waals surface area contributed by atoms with Gasteiger partial charge in [0.15, 0.2) is 14.1 Å². The van der Waals surface area contributed by atoms with Gasteiger partial charge in [0.2, 0.25) is 0 Å². The van der Waals surface area contributed by atoms with Gasteiger partial charge in [-0.05, 0) is 32.0 Å². The number of carbonyl (C=O) groups excluding carboxylic acids is 1. The van der Waals surface area contributed by atoms with Crippen LogP contribution in [0.25, 0.3) is 0 Å². The SMILES string of the molecule is CN(C)/C=N/c1nc(=O)n([C@H]2CC(OCSSC(C)(C)C)[C@@H](CO[Si](C)(C)C(C)(C)C)O2)cc1C#CCOCSSC(C)(C)CNC(=O)C(F)(F)F. The lowest BCUT2D eigenvalue weighted by atomic mass is 10.2. The fraction of sp³-hybridized carbons (Fsp3) is 0.758. The largest absolute Gasteiger partial charge is 0.471 e. The Labute approximate surface area is 323 Å². The number of ether oxygens (including phenoxy) is 3. The van der Waals surface area contributed by atoms with Gasteiger partial charge in [0.25, 0.3) is 0 Å². The lowest BCUT2D eigenvalue weighted by molar-refractivity contribution is -0.173. The van der Waals surface area contributed by atoms with Gasteiger partial charge in [-0.15, -0.1) is 0 Å². The van der Waals surface area contributed by atoms with Crippen molar-refractivity contribution in [2.45, 2.75) is 114 Å². The number of aromatic nitrogens is 2. The van der Waals surface area contributed by atoms with Gasteiger partial charge in [-0.1, -0.05) is 96.6 Å². The van der Waals surface area contributed by atoms with Crippen molar-refractivity contribution in [1.29, 1.82) is 0 Å². The molecule has 0 aromatic carbocycles. The van der Waals surface area contributed by atoms with Gasteiger partial charge < -0.3 is 28.9 Å². The molecule has 1 aromatic heterocycles. The Hall–Kier alpha value is -1.37. The van der Waals surface area contributed by atoms with Crippen molar-refractivity contribution in [2.75, 3.05) is 45.7 Å². The maximum Gasteiger partial charge on any atom is 0.471 e. The Kier molecular flexibility index (Phi) is 18.0. The molecular weight excluding hydrogens is 776 g/mol. The van der Waals surface area contributed by atoms with E-state index in [9.17, 15) is 22.8 Å². The number of alkyl halides is 3. The van der Waals surface area contributed by atoms with E-state index in [1.54, 1.807) is 60.6 Å². The molecule has 1 amide bonds. The third kappa shape index (κ3) is 16.6. The fourth-order valence-corrected chi connectivity index (χ4v) is 9.06. The second-order valence-corrected chi connectivity index (χ2v) is 26.2. The van der Waals surface area contributed by atoms with E-state index in [1.165, 1.54) is 32.5 Å². The molecule has 1 fully saturated rings. The van der Waals surface area contributed by atoms with Gasteiger partial charge in [-0.25, -0.2) is 9.79 Å². The molecule has 3 atom stereocenters. The van der Waals surface area contributed by atoms with E-state index in [4.69, 9.17) is 18.6 Å². The summed E-state index contributed by atoms with van der Waals surface area (Å²) in [6, 6.07) is 0. The molecule has 1 N–H and O–H groups in total. The summed E-state index contributed by atoms with van der Waals surface area (Å²) in [5.41, 5.74) is -0.147. The van der Waals surface area contributed by atoms with Crippen LogP contribution in [-0.4, -0.2) is 109 Å². The lowest BCUT2D eigenvalue weighted by Crippen LogP contribution is -2.44. The van der Waals surface area contributed by atoms with Crippen molar-refractivity contribution in [3.63, 3.8) is 0 Å². The molecule has 296 valence electrons. The first-order chi connectivity index (χ1) is 23.8. The molecule has 52 heavy (non-hydrogen) atoms. The van der Waals surface area contributed by atoms with Gasteiger partial charge in [0.1, 0.15) is 30.8 Å². The summed E-state index contributed by atoms with van der Waals surface area (Å²) < 4.78 is 63.2. The summed E-state index contributed by atoms with van der Waals surface area (Å²) in [6.07, 6.45) is -2.78.